The van der Waals surface area contributed by atoms with Gasteiger partial charge in [-0.25, -0.2) is 14.4 Å². The number of para-hydroxylation sites is 1. The number of hydrogen-bond donors (Lipinski definition) is 2. The van der Waals surface area contributed by atoms with Crippen molar-refractivity contribution < 1.29 is 4.39 Å². The summed E-state index contributed by atoms with van der Waals surface area (Å²) >= 11 is 0. The van der Waals surface area contributed by atoms with Gasteiger partial charge < -0.3 is 10.6 Å². The molecule has 1 heterocycles. The van der Waals surface area contributed by atoms with Gasteiger partial charge in [-0.05, 0) is 25.0 Å². The maximum atomic E-state index is 13.7. The first-order valence-corrected chi connectivity index (χ1v) is 7.91. The van der Waals surface area contributed by atoms with Gasteiger partial charge in [0.25, 0.3) is 0 Å². The normalized spacial score (nSPS) is 16.0. The standard InChI is InChI=1S/C17H21FN4/c18-14-9-5-6-10-15(14)22-17-11-16(19-12-20-17)21-13-7-3-1-2-4-8-13/h5-6,9-13H,1-4,7-8H2,(H2,19,20,21,22). The van der Waals surface area contributed by atoms with Crippen molar-refractivity contribution >= 4 is 17.3 Å². The molecule has 1 aromatic carbocycles. The Balaban J connectivity index is 1.68. The smallest absolute Gasteiger partial charge is 0.146 e. The van der Waals surface area contributed by atoms with E-state index in [0.717, 1.165) is 5.82 Å². The fraction of sp³-hybridized carbons (Fsp3) is 0.412. The van der Waals surface area contributed by atoms with Crippen molar-refractivity contribution in [3.05, 3.63) is 42.5 Å². The van der Waals surface area contributed by atoms with Crippen LogP contribution < -0.4 is 10.6 Å². The van der Waals surface area contributed by atoms with Crippen LogP contribution in [-0.2, 0) is 0 Å². The largest absolute Gasteiger partial charge is 0.367 e. The van der Waals surface area contributed by atoms with Gasteiger partial charge in [0.15, 0.2) is 0 Å². The van der Waals surface area contributed by atoms with Crippen LogP contribution in [0.4, 0.5) is 21.7 Å². The van der Waals surface area contributed by atoms with Crippen molar-refractivity contribution in [3.63, 3.8) is 0 Å². The van der Waals surface area contributed by atoms with Crippen molar-refractivity contribution in [1.82, 2.24) is 9.97 Å². The molecule has 116 valence electrons. The zero-order valence-corrected chi connectivity index (χ0v) is 12.6. The van der Waals surface area contributed by atoms with Crippen LogP contribution in [0.3, 0.4) is 0 Å². The van der Waals surface area contributed by atoms with E-state index in [2.05, 4.69) is 20.6 Å². The number of hydrogen-bond acceptors (Lipinski definition) is 4. The lowest BCUT2D eigenvalue weighted by Gasteiger charge is -2.17. The van der Waals surface area contributed by atoms with Crippen LogP contribution in [0, 0.1) is 5.82 Å². The summed E-state index contributed by atoms with van der Waals surface area (Å²) in [6.45, 7) is 0. The number of nitrogens with zero attached hydrogens (tertiary/aromatic N) is 2. The average Bonchev–Trinajstić information content (AvgIpc) is 2.79. The molecule has 4 nitrogen and oxygen atoms in total. The molecule has 0 atom stereocenters. The Kier molecular flexibility index (Phi) is 4.83. The van der Waals surface area contributed by atoms with Crippen LogP contribution >= 0.6 is 0 Å². The van der Waals surface area contributed by atoms with Crippen LogP contribution in [0.1, 0.15) is 38.5 Å². The number of anilines is 3. The second-order valence-corrected chi connectivity index (χ2v) is 5.73. The second kappa shape index (κ2) is 7.20. The number of aromatic nitrogens is 2. The van der Waals surface area contributed by atoms with Crippen molar-refractivity contribution in [2.24, 2.45) is 0 Å². The topological polar surface area (TPSA) is 49.8 Å². The summed E-state index contributed by atoms with van der Waals surface area (Å²) in [5.74, 6) is 1.09. The van der Waals surface area contributed by atoms with Crippen molar-refractivity contribution in [2.75, 3.05) is 10.6 Å². The minimum atomic E-state index is -0.292. The lowest BCUT2D eigenvalue weighted by Crippen LogP contribution is -2.19. The fourth-order valence-corrected chi connectivity index (χ4v) is 2.84. The van der Waals surface area contributed by atoms with Gasteiger partial charge >= 0.3 is 0 Å². The third-order valence-electron chi connectivity index (χ3n) is 4.01. The molecular formula is C17H21FN4. The lowest BCUT2D eigenvalue weighted by atomic mass is 10.1. The molecule has 0 unspecified atom stereocenters. The Morgan fingerprint density at radius 2 is 1.68 bits per heavy atom. The monoisotopic (exact) mass is 300 g/mol. The van der Waals surface area contributed by atoms with E-state index in [1.807, 2.05) is 6.07 Å². The molecular weight excluding hydrogens is 279 g/mol. The van der Waals surface area contributed by atoms with E-state index in [0.29, 0.717) is 17.5 Å². The summed E-state index contributed by atoms with van der Waals surface area (Å²) in [5, 5.41) is 6.47. The van der Waals surface area contributed by atoms with E-state index in [1.165, 1.54) is 50.9 Å². The summed E-state index contributed by atoms with van der Waals surface area (Å²) in [6, 6.07) is 8.87. The van der Waals surface area contributed by atoms with Crippen LogP contribution in [0.15, 0.2) is 36.7 Å². The Morgan fingerprint density at radius 3 is 2.45 bits per heavy atom. The maximum Gasteiger partial charge on any atom is 0.146 e. The first-order valence-electron chi connectivity index (χ1n) is 7.91. The van der Waals surface area contributed by atoms with E-state index >= 15 is 0 Å². The van der Waals surface area contributed by atoms with E-state index < -0.39 is 0 Å². The minimum Gasteiger partial charge on any atom is -0.367 e. The predicted molar refractivity (Wildman–Crippen MR) is 86.8 cm³/mol. The van der Waals surface area contributed by atoms with Gasteiger partial charge in [-0.3, -0.25) is 0 Å². The number of nitrogens with one attached hydrogen (secondary N) is 2. The van der Waals surface area contributed by atoms with Crippen molar-refractivity contribution in [1.29, 1.82) is 0 Å². The van der Waals surface area contributed by atoms with E-state index in [-0.39, 0.29) is 5.82 Å². The molecule has 3 rings (SSSR count). The molecule has 0 spiro atoms. The van der Waals surface area contributed by atoms with Gasteiger partial charge in [0.05, 0.1) is 5.69 Å². The van der Waals surface area contributed by atoms with Crippen LogP contribution in [0.2, 0.25) is 0 Å². The molecule has 0 bridgehead atoms. The highest BCUT2D eigenvalue weighted by Crippen LogP contribution is 2.22. The van der Waals surface area contributed by atoms with Gasteiger partial charge in [0.1, 0.15) is 23.8 Å². The lowest BCUT2D eigenvalue weighted by molar-refractivity contribution is 0.617. The first kappa shape index (κ1) is 14.8. The molecule has 1 saturated carbocycles. The summed E-state index contributed by atoms with van der Waals surface area (Å²) in [4.78, 5) is 8.43. The highest BCUT2D eigenvalue weighted by atomic mass is 19.1. The highest BCUT2D eigenvalue weighted by molar-refractivity contribution is 5.59. The average molecular weight is 300 g/mol. The zero-order chi connectivity index (χ0) is 15.2. The molecule has 1 aromatic heterocycles. The van der Waals surface area contributed by atoms with Gasteiger partial charge in [-0.15, -0.1) is 0 Å². The van der Waals surface area contributed by atoms with Gasteiger partial charge in [-0.2, -0.15) is 0 Å². The summed E-state index contributed by atoms with van der Waals surface area (Å²) < 4.78 is 13.7. The van der Waals surface area contributed by atoms with E-state index in [1.54, 1.807) is 18.2 Å². The molecule has 1 fully saturated rings. The van der Waals surface area contributed by atoms with Gasteiger partial charge in [-0.1, -0.05) is 37.8 Å². The van der Waals surface area contributed by atoms with Gasteiger partial charge in [0, 0.05) is 12.1 Å². The molecule has 1 aliphatic rings. The second-order valence-electron chi connectivity index (χ2n) is 5.73. The summed E-state index contributed by atoms with van der Waals surface area (Å²) in [5.41, 5.74) is 0.418. The molecule has 2 aromatic rings. The van der Waals surface area contributed by atoms with Crippen LogP contribution in [-0.4, -0.2) is 16.0 Å². The molecule has 2 N–H and O–H groups in total. The molecule has 0 saturated heterocycles. The Bertz CT molecular complexity index is 609. The summed E-state index contributed by atoms with van der Waals surface area (Å²) in [6.07, 6.45) is 9.04. The Morgan fingerprint density at radius 1 is 0.955 bits per heavy atom. The predicted octanol–water partition coefficient (Wildman–Crippen LogP) is 4.49. The van der Waals surface area contributed by atoms with Crippen molar-refractivity contribution in [2.45, 2.75) is 44.6 Å². The third kappa shape index (κ3) is 3.93. The maximum absolute atomic E-state index is 13.7. The number of rotatable bonds is 4. The quantitative estimate of drug-likeness (QED) is 0.817. The molecule has 1 aliphatic carbocycles. The Hall–Kier alpha value is -2.17. The molecule has 0 amide bonds. The molecule has 5 heteroatoms. The van der Waals surface area contributed by atoms with Gasteiger partial charge in [0.2, 0.25) is 0 Å². The fourth-order valence-electron chi connectivity index (χ4n) is 2.84. The number of benzene rings is 1. The zero-order valence-electron chi connectivity index (χ0n) is 12.6. The van der Waals surface area contributed by atoms with Crippen molar-refractivity contribution in [3.8, 4) is 0 Å². The minimum absolute atomic E-state index is 0.292. The van der Waals surface area contributed by atoms with Crippen LogP contribution in [0.5, 0.6) is 0 Å². The highest BCUT2D eigenvalue weighted by Gasteiger charge is 2.12. The summed E-state index contributed by atoms with van der Waals surface area (Å²) in [7, 11) is 0. The molecule has 0 aliphatic heterocycles. The van der Waals surface area contributed by atoms with Crippen LogP contribution in [0.25, 0.3) is 0 Å². The first-order chi connectivity index (χ1) is 10.8. The number of halogens is 1. The third-order valence-corrected chi connectivity index (χ3v) is 4.01. The molecule has 0 radical (unpaired) electrons. The van der Waals surface area contributed by atoms with E-state index in [4.69, 9.17) is 0 Å². The van der Waals surface area contributed by atoms with E-state index in [9.17, 15) is 4.39 Å². The Labute approximate surface area is 130 Å². The molecule has 22 heavy (non-hydrogen) atoms. The SMILES string of the molecule is Fc1ccccc1Nc1cc(NC2CCCCCC2)ncn1.